The molecule has 150 valence electrons. The van der Waals surface area contributed by atoms with E-state index in [0.717, 1.165) is 42.3 Å². The number of thiophene rings is 1. The number of thiazole rings is 1. The molecule has 6 nitrogen and oxygen atoms in total. The van der Waals surface area contributed by atoms with E-state index in [-0.39, 0.29) is 0 Å². The number of anilines is 1. The topological polar surface area (TPSA) is 71.0 Å². The second kappa shape index (κ2) is 10.0. The summed E-state index contributed by atoms with van der Waals surface area (Å²) in [4.78, 5) is 26.4. The SMILES string of the molecule is CC=O.CNc1ncc(CN2CCCC(Cc3nc(C)nc4ccsc34)C2)s1. The number of carbonyl (C=O) groups excluding carboxylic acids is 1. The number of fused-ring (bicyclic) bond motifs is 1. The molecule has 0 aliphatic carbocycles. The maximum absolute atomic E-state index is 8.81. The van der Waals surface area contributed by atoms with Crippen molar-refractivity contribution in [3.8, 4) is 0 Å². The van der Waals surface area contributed by atoms with E-state index < -0.39 is 0 Å². The lowest BCUT2D eigenvalue weighted by Crippen LogP contribution is -2.35. The summed E-state index contributed by atoms with van der Waals surface area (Å²) in [7, 11) is 1.93. The van der Waals surface area contributed by atoms with Crippen LogP contribution < -0.4 is 5.32 Å². The third-order valence-electron chi connectivity index (χ3n) is 4.72. The van der Waals surface area contributed by atoms with Gasteiger partial charge >= 0.3 is 0 Å². The zero-order chi connectivity index (χ0) is 19.9. The number of hydrogen-bond acceptors (Lipinski definition) is 8. The van der Waals surface area contributed by atoms with Crippen LogP contribution in [0.25, 0.3) is 10.2 Å². The summed E-state index contributed by atoms with van der Waals surface area (Å²) in [5, 5.41) is 6.25. The number of nitrogens with zero attached hydrogens (tertiary/aromatic N) is 4. The molecule has 0 bridgehead atoms. The normalized spacial score (nSPS) is 17.2. The average Bonchev–Trinajstić information content (AvgIpc) is 3.32. The summed E-state index contributed by atoms with van der Waals surface area (Å²) >= 11 is 3.52. The van der Waals surface area contributed by atoms with Gasteiger partial charge in [0.25, 0.3) is 0 Å². The van der Waals surface area contributed by atoms with Crippen molar-refractivity contribution >= 4 is 44.3 Å². The van der Waals surface area contributed by atoms with Crippen LogP contribution in [-0.4, -0.2) is 46.3 Å². The minimum absolute atomic E-state index is 0.671. The highest BCUT2D eigenvalue weighted by molar-refractivity contribution is 7.17. The highest BCUT2D eigenvalue weighted by Gasteiger charge is 2.22. The summed E-state index contributed by atoms with van der Waals surface area (Å²) in [6.07, 6.45) is 6.36. The van der Waals surface area contributed by atoms with Gasteiger partial charge in [-0.2, -0.15) is 0 Å². The van der Waals surface area contributed by atoms with Crippen LogP contribution in [0.15, 0.2) is 17.6 Å². The molecule has 1 N–H and O–H groups in total. The summed E-state index contributed by atoms with van der Waals surface area (Å²) < 4.78 is 1.27. The second-order valence-electron chi connectivity index (χ2n) is 6.92. The molecule has 1 unspecified atom stereocenters. The number of aldehydes is 1. The number of aromatic nitrogens is 3. The summed E-state index contributed by atoms with van der Waals surface area (Å²) in [6.45, 7) is 6.77. The van der Waals surface area contributed by atoms with Gasteiger partial charge in [0.05, 0.1) is 15.9 Å². The second-order valence-corrected chi connectivity index (χ2v) is 8.95. The van der Waals surface area contributed by atoms with Crippen LogP contribution in [0.1, 0.15) is 36.2 Å². The third-order valence-corrected chi connectivity index (χ3v) is 6.67. The lowest BCUT2D eigenvalue weighted by molar-refractivity contribution is -0.106. The van der Waals surface area contributed by atoms with E-state index in [1.807, 2.05) is 20.2 Å². The van der Waals surface area contributed by atoms with Crippen LogP contribution in [0.2, 0.25) is 0 Å². The van der Waals surface area contributed by atoms with Crippen molar-refractivity contribution in [2.24, 2.45) is 5.92 Å². The molecule has 0 aromatic carbocycles. The lowest BCUT2D eigenvalue weighted by Gasteiger charge is -2.32. The molecule has 0 saturated carbocycles. The summed E-state index contributed by atoms with van der Waals surface area (Å²) in [5.41, 5.74) is 2.34. The number of likely N-dealkylation sites (tertiary alicyclic amines) is 1. The van der Waals surface area contributed by atoms with Gasteiger partial charge < -0.3 is 10.1 Å². The largest absolute Gasteiger partial charge is 0.365 e. The number of piperidine rings is 1. The quantitative estimate of drug-likeness (QED) is 0.629. The van der Waals surface area contributed by atoms with Crippen molar-refractivity contribution in [2.45, 2.75) is 39.7 Å². The van der Waals surface area contributed by atoms with Crippen LogP contribution in [-0.2, 0) is 17.8 Å². The Hall–Kier alpha value is -1.90. The predicted molar refractivity (Wildman–Crippen MR) is 117 cm³/mol. The molecule has 4 rings (SSSR count). The Bertz CT molecular complexity index is 907. The van der Waals surface area contributed by atoms with Crippen molar-refractivity contribution in [3.63, 3.8) is 0 Å². The Morgan fingerprint density at radius 1 is 1.39 bits per heavy atom. The van der Waals surface area contributed by atoms with Gasteiger partial charge in [0.15, 0.2) is 5.13 Å². The molecule has 3 aromatic rings. The average molecular weight is 418 g/mol. The molecular formula is C20H27N5OS2. The smallest absolute Gasteiger partial charge is 0.182 e. The summed E-state index contributed by atoms with van der Waals surface area (Å²) in [5.74, 6) is 1.56. The zero-order valence-electron chi connectivity index (χ0n) is 16.6. The van der Waals surface area contributed by atoms with Gasteiger partial charge in [-0.3, -0.25) is 4.90 Å². The maximum atomic E-state index is 8.81. The Labute approximate surface area is 174 Å². The highest BCUT2D eigenvalue weighted by Crippen LogP contribution is 2.28. The number of carbonyl (C=O) groups is 1. The fourth-order valence-electron chi connectivity index (χ4n) is 3.64. The Balaban J connectivity index is 0.000000706. The molecule has 28 heavy (non-hydrogen) atoms. The lowest BCUT2D eigenvalue weighted by atomic mass is 9.93. The van der Waals surface area contributed by atoms with Gasteiger partial charge in [0.2, 0.25) is 0 Å². The van der Waals surface area contributed by atoms with Crippen molar-refractivity contribution in [3.05, 3.63) is 34.0 Å². The number of aryl methyl sites for hydroxylation is 1. The molecule has 4 heterocycles. The van der Waals surface area contributed by atoms with Crippen molar-refractivity contribution < 1.29 is 4.79 Å². The van der Waals surface area contributed by atoms with Gasteiger partial charge in [-0.1, -0.05) is 0 Å². The van der Waals surface area contributed by atoms with Gasteiger partial charge in [-0.15, -0.1) is 22.7 Å². The Morgan fingerprint density at radius 2 is 2.21 bits per heavy atom. The number of hydrogen-bond donors (Lipinski definition) is 1. The first-order valence-corrected chi connectivity index (χ1v) is 11.3. The van der Waals surface area contributed by atoms with E-state index in [1.165, 1.54) is 41.6 Å². The molecule has 1 fully saturated rings. The molecule has 0 radical (unpaired) electrons. The fraction of sp³-hybridized carbons (Fsp3) is 0.500. The van der Waals surface area contributed by atoms with Crippen LogP contribution in [0, 0.1) is 12.8 Å². The molecule has 1 aliphatic heterocycles. The first kappa shape index (κ1) is 20.8. The minimum Gasteiger partial charge on any atom is -0.365 e. The zero-order valence-corrected chi connectivity index (χ0v) is 18.3. The third kappa shape index (κ3) is 5.33. The molecule has 0 amide bonds. The predicted octanol–water partition coefficient (Wildman–Crippen LogP) is 4.16. The van der Waals surface area contributed by atoms with Gasteiger partial charge in [0.1, 0.15) is 12.1 Å². The minimum atomic E-state index is 0.671. The first-order chi connectivity index (χ1) is 13.6. The molecule has 0 spiro atoms. The molecule has 3 aromatic heterocycles. The van der Waals surface area contributed by atoms with E-state index in [9.17, 15) is 0 Å². The van der Waals surface area contributed by atoms with Crippen molar-refractivity contribution in [1.29, 1.82) is 0 Å². The number of rotatable bonds is 5. The van der Waals surface area contributed by atoms with E-state index >= 15 is 0 Å². The van der Waals surface area contributed by atoms with E-state index in [1.54, 1.807) is 22.7 Å². The van der Waals surface area contributed by atoms with E-state index in [2.05, 4.69) is 31.6 Å². The van der Waals surface area contributed by atoms with Crippen molar-refractivity contribution in [1.82, 2.24) is 19.9 Å². The summed E-state index contributed by atoms with van der Waals surface area (Å²) in [6, 6.07) is 2.11. The fourth-order valence-corrected chi connectivity index (χ4v) is 5.28. The van der Waals surface area contributed by atoms with Gasteiger partial charge in [-0.25, -0.2) is 15.0 Å². The standard InChI is InChI=1S/C18H23N5S2.C2H4O/c1-12-21-15-5-7-24-17(15)16(22-12)8-13-4-3-6-23(10-13)11-14-9-20-18(19-2)25-14;1-2-3/h5,7,9,13H,3-4,6,8,10-11H2,1-2H3,(H,19,20);2H,1H3. The van der Waals surface area contributed by atoms with Crippen molar-refractivity contribution in [2.75, 3.05) is 25.5 Å². The number of nitrogens with one attached hydrogen (secondary N) is 1. The maximum Gasteiger partial charge on any atom is 0.182 e. The van der Waals surface area contributed by atoms with Crippen LogP contribution in [0.4, 0.5) is 5.13 Å². The Morgan fingerprint density at radius 3 is 2.96 bits per heavy atom. The van der Waals surface area contributed by atoms with Crippen LogP contribution in [0.5, 0.6) is 0 Å². The van der Waals surface area contributed by atoms with Gasteiger partial charge in [-0.05, 0) is 57.0 Å². The van der Waals surface area contributed by atoms with E-state index in [4.69, 9.17) is 9.78 Å². The first-order valence-electron chi connectivity index (χ1n) is 9.58. The molecule has 8 heteroatoms. The molecule has 1 aliphatic rings. The van der Waals surface area contributed by atoms with E-state index in [0.29, 0.717) is 5.92 Å². The molecular weight excluding hydrogens is 390 g/mol. The van der Waals surface area contributed by atoms with Gasteiger partial charge in [0, 0.05) is 31.2 Å². The highest BCUT2D eigenvalue weighted by atomic mass is 32.1. The van der Waals surface area contributed by atoms with Crippen LogP contribution in [0.3, 0.4) is 0 Å². The molecule has 1 atom stereocenters. The molecule has 1 saturated heterocycles. The van der Waals surface area contributed by atoms with Crippen LogP contribution >= 0.6 is 22.7 Å². The Kier molecular flexibility index (Phi) is 7.47. The monoisotopic (exact) mass is 417 g/mol.